The van der Waals surface area contributed by atoms with Crippen molar-refractivity contribution in [2.45, 2.75) is 59.8 Å². The fourth-order valence-corrected chi connectivity index (χ4v) is 1.38. The van der Waals surface area contributed by atoms with E-state index in [1.807, 2.05) is 27.7 Å². The van der Waals surface area contributed by atoms with Crippen molar-refractivity contribution in [3.63, 3.8) is 0 Å². The molecular weight excluding hydrogens is 256 g/mol. The maximum Gasteiger partial charge on any atom is 0.345 e. The van der Waals surface area contributed by atoms with Crippen LogP contribution in [0.4, 0.5) is 0 Å². The number of allylic oxidation sites excluding steroid dienone is 1. The van der Waals surface area contributed by atoms with Crippen LogP contribution < -0.4 is 0 Å². The highest BCUT2D eigenvalue weighted by Crippen LogP contribution is 2.09. The van der Waals surface area contributed by atoms with Crippen molar-refractivity contribution >= 4 is 11.9 Å². The third-order valence-electron chi connectivity index (χ3n) is 2.70. The lowest BCUT2D eigenvalue weighted by Gasteiger charge is -2.09. The zero-order valence-corrected chi connectivity index (χ0v) is 13.2. The Bertz CT molecular complexity index is 294. The monoisotopic (exact) mass is 284 g/mol. The molecule has 0 fully saturated rings. The summed E-state index contributed by atoms with van der Waals surface area (Å²) in [5.74, 6) is -0.766. The second-order valence-corrected chi connectivity index (χ2v) is 5.23. The van der Waals surface area contributed by atoms with E-state index in [2.05, 4.69) is 0 Å². The van der Waals surface area contributed by atoms with Crippen molar-refractivity contribution in [1.82, 2.24) is 0 Å². The molecule has 116 valence electrons. The van der Waals surface area contributed by atoms with Crippen LogP contribution in [-0.4, -0.2) is 25.2 Å². The Morgan fingerprint density at radius 3 is 1.75 bits per heavy atom. The summed E-state index contributed by atoms with van der Waals surface area (Å²) in [5.41, 5.74) is 0.0332. The minimum absolute atomic E-state index is 0.0332. The van der Waals surface area contributed by atoms with Crippen LogP contribution in [0.3, 0.4) is 0 Å². The Morgan fingerprint density at radius 1 is 0.950 bits per heavy atom. The van der Waals surface area contributed by atoms with Crippen LogP contribution in [0.25, 0.3) is 0 Å². The van der Waals surface area contributed by atoms with Crippen LogP contribution in [0.2, 0.25) is 0 Å². The number of rotatable bonds is 10. The van der Waals surface area contributed by atoms with Gasteiger partial charge in [0.25, 0.3) is 0 Å². The molecule has 0 aliphatic heterocycles. The summed E-state index contributed by atoms with van der Waals surface area (Å²) in [7, 11) is 0. The minimum atomic E-state index is -0.569. The Labute approximate surface area is 122 Å². The smallest absolute Gasteiger partial charge is 0.345 e. The highest BCUT2D eigenvalue weighted by Gasteiger charge is 2.21. The topological polar surface area (TPSA) is 52.6 Å². The van der Waals surface area contributed by atoms with E-state index in [4.69, 9.17) is 9.47 Å². The Morgan fingerprint density at radius 2 is 1.40 bits per heavy atom. The summed E-state index contributed by atoms with van der Waals surface area (Å²) < 4.78 is 10.2. The van der Waals surface area contributed by atoms with E-state index in [9.17, 15) is 9.59 Å². The average Bonchev–Trinajstić information content (AvgIpc) is 2.39. The SMILES string of the molecule is CCCCOC(=O)C(=CCC(C)C)C(=O)OCCCC. The molecule has 0 aliphatic rings. The summed E-state index contributed by atoms with van der Waals surface area (Å²) in [6.07, 6.45) is 5.77. The number of carbonyl (C=O) groups excluding carboxylic acids is 2. The van der Waals surface area contributed by atoms with Crippen LogP contribution in [0.5, 0.6) is 0 Å². The molecule has 0 unspecified atom stereocenters. The molecule has 4 heteroatoms. The summed E-state index contributed by atoms with van der Waals surface area (Å²) in [6.45, 7) is 8.77. The van der Waals surface area contributed by atoms with Gasteiger partial charge >= 0.3 is 11.9 Å². The molecule has 0 bridgehead atoms. The van der Waals surface area contributed by atoms with Gasteiger partial charge in [-0.3, -0.25) is 0 Å². The predicted molar refractivity (Wildman–Crippen MR) is 79.3 cm³/mol. The van der Waals surface area contributed by atoms with E-state index < -0.39 is 11.9 Å². The lowest BCUT2D eigenvalue weighted by Crippen LogP contribution is -2.19. The molecule has 0 saturated heterocycles. The van der Waals surface area contributed by atoms with Crippen LogP contribution in [0, 0.1) is 5.92 Å². The third kappa shape index (κ3) is 8.73. The highest BCUT2D eigenvalue weighted by atomic mass is 16.6. The number of carbonyl (C=O) groups is 2. The molecule has 0 spiro atoms. The lowest BCUT2D eigenvalue weighted by molar-refractivity contribution is -0.147. The van der Waals surface area contributed by atoms with Crippen LogP contribution in [0.1, 0.15) is 59.8 Å². The van der Waals surface area contributed by atoms with Gasteiger partial charge in [-0.25, -0.2) is 9.59 Å². The maximum absolute atomic E-state index is 11.9. The predicted octanol–water partition coefficient (Wildman–Crippen LogP) is 3.65. The van der Waals surface area contributed by atoms with Crippen molar-refractivity contribution in [3.05, 3.63) is 11.6 Å². The third-order valence-corrected chi connectivity index (χ3v) is 2.70. The first-order valence-electron chi connectivity index (χ1n) is 7.57. The Kier molecular flexibility index (Phi) is 10.7. The van der Waals surface area contributed by atoms with Crippen molar-refractivity contribution in [3.8, 4) is 0 Å². The van der Waals surface area contributed by atoms with E-state index >= 15 is 0 Å². The molecule has 0 rings (SSSR count). The van der Waals surface area contributed by atoms with Gasteiger partial charge in [-0.2, -0.15) is 0 Å². The fourth-order valence-electron chi connectivity index (χ4n) is 1.38. The zero-order chi connectivity index (χ0) is 15.4. The molecule has 0 N–H and O–H groups in total. The normalized spacial score (nSPS) is 10.2. The molecule has 20 heavy (non-hydrogen) atoms. The molecule has 0 amide bonds. The van der Waals surface area contributed by atoms with Crippen LogP contribution in [0.15, 0.2) is 11.6 Å². The van der Waals surface area contributed by atoms with E-state index in [0.717, 1.165) is 25.7 Å². The summed E-state index contributed by atoms with van der Waals surface area (Å²) in [5, 5.41) is 0. The molecule has 0 aromatic heterocycles. The molecule has 0 aromatic rings. The first-order valence-corrected chi connectivity index (χ1v) is 7.57. The van der Waals surface area contributed by atoms with Gasteiger partial charge in [0.2, 0.25) is 0 Å². The van der Waals surface area contributed by atoms with Gasteiger partial charge in [-0.05, 0) is 25.2 Å². The highest BCUT2D eigenvalue weighted by molar-refractivity contribution is 6.14. The lowest BCUT2D eigenvalue weighted by atomic mass is 10.1. The van der Waals surface area contributed by atoms with Crippen molar-refractivity contribution in [2.24, 2.45) is 5.92 Å². The fraction of sp³-hybridized carbons (Fsp3) is 0.750. The van der Waals surface area contributed by atoms with Gasteiger partial charge in [-0.15, -0.1) is 0 Å². The first-order chi connectivity index (χ1) is 9.52. The summed E-state index contributed by atoms with van der Waals surface area (Å²) in [4.78, 5) is 23.8. The minimum Gasteiger partial charge on any atom is -0.462 e. The molecule has 0 aliphatic carbocycles. The first kappa shape index (κ1) is 18.7. The number of unbranched alkanes of at least 4 members (excludes halogenated alkanes) is 2. The number of hydrogen-bond acceptors (Lipinski definition) is 4. The Hall–Kier alpha value is -1.32. The second-order valence-electron chi connectivity index (χ2n) is 5.23. The number of ether oxygens (including phenoxy) is 2. The van der Waals surface area contributed by atoms with E-state index in [-0.39, 0.29) is 5.57 Å². The molecule has 0 heterocycles. The second kappa shape index (κ2) is 11.5. The van der Waals surface area contributed by atoms with Crippen LogP contribution >= 0.6 is 0 Å². The zero-order valence-electron chi connectivity index (χ0n) is 13.2. The van der Waals surface area contributed by atoms with Gasteiger partial charge in [0, 0.05) is 0 Å². The Balaban J connectivity index is 4.58. The number of hydrogen-bond donors (Lipinski definition) is 0. The molecule has 0 atom stereocenters. The maximum atomic E-state index is 11.9. The standard InChI is InChI=1S/C16H28O4/c1-5-7-11-19-15(17)14(10-9-13(3)4)16(18)20-12-8-6-2/h10,13H,5-9,11-12H2,1-4H3. The van der Waals surface area contributed by atoms with Gasteiger partial charge in [0.05, 0.1) is 13.2 Å². The van der Waals surface area contributed by atoms with E-state index in [1.54, 1.807) is 6.08 Å². The van der Waals surface area contributed by atoms with Crippen molar-refractivity contribution in [2.75, 3.05) is 13.2 Å². The number of esters is 2. The molecular formula is C16H28O4. The van der Waals surface area contributed by atoms with Gasteiger partial charge in [-0.1, -0.05) is 46.6 Å². The average molecular weight is 284 g/mol. The molecule has 0 aromatic carbocycles. The molecule has 4 nitrogen and oxygen atoms in total. The molecule has 0 saturated carbocycles. The van der Waals surface area contributed by atoms with Gasteiger partial charge < -0.3 is 9.47 Å². The largest absolute Gasteiger partial charge is 0.462 e. The summed E-state index contributed by atoms with van der Waals surface area (Å²) in [6, 6.07) is 0. The van der Waals surface area contributed by atoms with E-state index in [0.29, 0.717) is 25.6 Å². The quantitative estimate of drug-likeness (QED) is 0.202. The van der Waals surface area contributed by atoms with Crippen LogP contribution in [-0.2, 0) is 19.1 Å². The van der Waals surface area contributed by atoms with E-state index in [1.165, 1.54) is 0 Å². The van der Waals surface area contributed by atoms with Gasteiger partial charge in [0.1, 0.15) is 5.57 Å². The van der Waals surface area contributed by atoms with Gasteiger partial charge in [0.15, 0.2) is 0 Å². The van der Waals surface area contributed by atoms with Crippen molar-refractivity contribution < 1.29 is 19.1 Å². The molecule has 0 radical (unpaired) electrons. The van der Waals surface area contributed by atoms with Crippen molar-refractivity contribution in [1.29, 1.82) is 0 Å². The summed E-state index contributed by atoms with van der Waals surface area (Å²) >= 11 is 0.